The Morgan fingerprint density at radius 3 is 2.60 bits per heavy atom. The minimum absolute atomic E-state index is 0.105. The Balaban J connectivity index is 1.76. The van der Waals surface area contributed by atoms with Crippen LogP contribution in [-0.4, -0.2) is 49.6 Å². The number of likely N-dealkylation sites (tertiary alicyclic amines) is 1. The summed E-state index contributed by atoms with van der Waals surface area (Å²) < 4.78 is 4.77. The summed E-state index contributed by atoms with van der Waals surface area (Å²) in [7, 11) is 1.37. The van der Waals surface area contributed by atoms with Gasteiger partial charge in [-0.3, -0.25) is 9.59 Å². The minimum atomic E-state index is -0.253. The summed E-state index contributed by atoms with van der Waals surface area (Å²) in [5, 5.41) is 5.60. The van der Waals surface area contributed by atoms with Gasteiger partial charge in [0.25, 0.3) is 0 Å². The Morgan fingerprint density at radius 2 is 1.96 bits per heavy atom. The molecule has 1 aliphatic rings. The first-order valence-corrected chi connectivity index (χ1v) is 8.46. The summed E-state index contributed by atoms with van der Waals surface area (Å²) in [6.07, 6.45) is 2.26. The topological polar surface area (TPSA) is 87.7 Å². The first-order valence-electron chi connectivity index (χ1n) is 8.46. The number of carbonyl (C=O) groups excluding carboxylic acids is 3. The van der Waals surface area contributed by atoms with Crippen molar-refractivity contribution in [3.8, 4) is 0 Å². The van der Waals surface area contributed by atoms with Crippen LogP contribution in [-0.2, 0) is 20.7 Å². The molecule has 3 amide bonds. The molecule has 0 bridgehead atoms. The molecule has 136 valence electrons. The molecule has 0 saturated carbocycles. The quantitative estimate of drug-likeness (QED) is 0.795. The lowest BCUT2D eigenvalue weighted by atomic mass is 9.98. The van der Waals surface area contributed by atoms with Crippen LogP contribution in [0.25, 0.3) is 0 Å². The number of nitrogens with zero attached hydrogens (tertiary/aromatic N) is 1. The molecule has 0 aliphatic carbocycles. The van der Waals surface area contributed by atoms with Crippen molar-refractivity contribution in [1.29, 1.82) is 0 Å². The van der Waals surface area contributed by atoms with Gasteiger partial charge in [-0.05, 0) is 37.0 Å². The Bertz CT molecular complexity index is 615. The average Bonchev–Trinajstić information content (AvgIpc) is 2.62. The second kappa shape index (κ2) is 9.05. The van der Waals surface area contributed by atoms with Gasteiger partial charge in [0.15, 0.2) is 0 Å². The van der Waals surface area contributed by atoms with Crippen molar-refractivity contribution in [2.75, 3.05) is 32.1 Å². The Kier molecular flexibility index (Phi) is 6.80. The number of amides is 3. The molecule has 1 saturated heterocycles. The van der Waals surface area contributed by atoms with Gasteiger partial charge in [-0.25, -0.2) is 4.79 Å². The van der Waals surface area contributed by atoms with Crippen molar-refractivity contribution in [3.63, 3.8) is 0 Å². The monoisotopic (exact) mass is 347 g/mol. The third-order valence-corrected chi connectivity index (χ3v) is 4.21. The third kappa shape index (κ3) is 5.77. The fraction of sp³-hybridized carbons (Fsp3) is 0.500. The number of esters is 1. The fourth-order valence-electron chi connectivity index (χ4n) is 2.90. The van der Waals surface area contributed by atoms with Gasteiger partial charge in [-0.2, -0.15) is 0 Å². The number of carbonyl (C=O) groups is 3. The Hall–Kier alpha value is -2.57. The molecule has 0 spiro atoms. The lowest BCUT2D eigenvalue weighted by Gasteiger charge is -2.31. The number of methoxy groups -OCH3 is 1. The van der Waals surface area contributed by atoms with E-state index in [0.29, 0.717) is 26.1 Å². The molecule has 1 atom stereocenters. The highest BCUT2D eigenvalue weighted by Gasteiger charge is 2.28. The number of urea groups is 1. The highest BCUT2D eigenvalue weighted by atomic mass is 16.5. The molecule has 7 nitrogen and oxygen atoms in total. The van der Waals surface area contributed by atoms with E-state index >= 15 is 0 Å². The van der Waals surface area contributed by atoms with Crippen LogP contribution in [0.3, 0.4) is 0 Å². The number of piperidine rings is 1. The normalized spacial score (nSPS) is 16.9. The number of ether oxygens (including phenoxy) is 1. The van der Waals surface area contributed by atoms with Crippen LogP contribution in [0, 0.1) is 5.92 Å². The maximum Gasteiger partial charge on any atom is 0.317 e. The zero-order valence-corrected chi connectivity index (χ0v) is 14.7. The fourth-order valence-corrected chi connectivity index (χ4v) is 2.90. The Labute approximate surface area is 147 Å². The van der Waals surface area contributed by atoms with Gasteiger partial charge in [0.05, 0.1) is 13.0 Å². The molecular weight excluding hydrogens is 322 g/mol. The summed E-state index contributed by atoms with van der Waals surface area (Å²) in [5.74, 6) is -0.589. The van der Waals surface area contributed by atoms with E-state index in [1.165, 1.54) is 14.0 Å². The highest BCUT2D eigenvalue weighted by molar-refractivity contribution is 5.88. The van der Waals surface area contributed by atoms with Crippen LogP contribution < -0.4 is 10.6 Å². The summed E-state index contributed by atoms with van der Waals surface area (Å²) in [6.45, 7) is 3.04. The predicted octanol–water partition coefficient (Wildman–Crippen LogP) is 1.78. The van der Waals surface area contributed by atoms with E-state index in [-0.39, 0.29) is 23.8 Å². The summed E-state index contributed by atoms with van der Waals surface area (Å²) >= 11 is 0. The first-order chi connectivity index (χ1) is 12.0. The molecular formula is C18H25N3O4. The van der Waals surface area contributed by atoms with Gasteiger partial charge in [-0.15, -0.1) is 0 Å². The molecule has 0 radical (unpaired) electrons. The van der Waals surface area contributed by atoms with E-state index in [0.717, 1.165) is 24.1 Å². The molecule has 1 fully saturated rings. The highest BCUT2D eigenvalue weighted by Crippen LogP contribution is 2.17. The summed E-state index contributed by atoms with van der Waals surface area (Å²) in [6, 6.07) is 7.37. The van der Waals surface area contributed by atoms with Gasteiger partial charge >= 0.3 is 12.0 Å². The van der Waals surface area contributed by atoms with Gasteiger partial charge in [0.1, 0.15) is 0 Å². The molecule has 1 aliphatic heterocycles. The number of benzene rings is 1. The van der Waals surface area contributed by atoms with Crippen LogP contribution >= 0.6 is 0 Å². The van der Waals surface area contributed by atoms with Crippen LogP contribution in [0.5, 0.6) is 0 Å². The number of hydrogen-bond acceptors (Lipinski definition) is 4. The smallest absolute Gasteiger partial charge is 0.317 e. The third-order valence-electron chi connectivity index (χ3n) is 4.21. The van der Waals surface area contributed by atoms with E-state index in [1.54, 1.807) is 4.90 Å². The van der Waals surface area contributed by atoms with E-state index in [4.69, 9.17) is 4.74 Å². The molecule has 7 heteroatoms. The van der Waals surface area contributed by atoms with Crippen molar-refractivity contribution >= 4 is 23.6 Å². The Morgan fingerprint density at radius 1 is 1.24 bits per heavy atom. The largest absolute Gasteiger partial charge is 0.469 e. The van der Waals surface area contributed by atoms with Crippen molar-refractivity contribution in [3.05, 3.63) is 29.8 Å². The molecule has 2 N–H and O–H groups in total. The average molecular weight is 347 g/mol. The summed E-state index contributed by atoms with van der Waals surface area (Å²) in [4.78, 5) is 36.5. The van der Waals surface area contributed by atoms with Crippen LogP contribution in [0.2, 0.25) is 0 Å². The van der Waals surface area contributed by atoms with E-state index in [2.05, 4.69) is 10.6 Å². The lowest BCUT2D eigenvalue weighted by molar-refractivity contribution is -0.146. The molecule has 25 heavy (non-hydrogen) atoms. The number of hydrogen-bond donors (Lipinski definition) is 2. The number of nitrogens with one attached hydrogen (secondary N) is 2. The molecule has 1 heterocycles. The number of rotatable bonds is 5. The molecule has 1 aromatic rings. The maximum absolute atomic E-state index is 12.2. The van der Waals surface area contributed by atoms with Crippen molar-refractivity contribution in [1.82, 2.24) is 10.2 Å². The summed E-state index contributed by atoms with van der Waals surface area (Å²) in [5.41, 5.74) is 1.82. The molecule has 2 rings (SSSR count). The van der Waals surface area contributed by atoms with Crippen LogP contribution in [0.15, 0.2) is 24.3 Å². The predicted molar refractivity (Wildman–Crippen MR) is 94.2 cm³/mol. The van der Waals surface area contributed by atoms with Gasteiger partial charge in [0, 0.05) is 32.2 Å². The van der Waals surface area contributed by atoms with Gasteiger partial charge in [0.2, 0.25) is 5.91 Å². The van der Waals surface area contributed by atoms with E-state index in [1.807, 2.05) is 24.3 Å². The van der Waals surface area contributed by atoms with Gasteiger partial charge in [-0.1, -0.05) is 12.1 Å². The van der Waals surface area contributed by atoms with Gasteiger partial charge < -0.3 is 20.3 Å². The SMILES string of the molecule is COC(=O)C1CCCN(C(=O)NCCc2ccc(NC(C)=O)cc2)C1. The zero-order valence-electron chi connectivity index (χ0n) is 14.7. The van der Waals surface area contributed by atoms with Crippen molar-refractivity contribution in [2.45, 2.75) is 26.2 Å². The van der Waals surface area contributed by atoms with Crippen molar-refractivity contribution in [2.24, 2.45) is 5.92 Å². The second-order valence-corrected chi connectivity index (χ2v) is 6.17. The standard InChI is InChI=1S/C18H25N3O4/c1-13(22)20-16-7-5-14(6-8-16)9-10-19-18(24)21-11-3-4-15(12-21)17(23)25-2/h5-8,15H,3-4,9-12H2,1-2H3,(H,19,24)(H,20,22). The van der Waals surface area contributed by atoms with E-state index < -0.39 is 0 Å². The lowest BCUT2D eigenvalue weighted by Crippen LogP contribution is -2.47. The molecule has 1 aromatic carbocycles. The van der Waals surface area contributed by atoms with Crippen LogP contribution in [0.4, 0.5) is 10.5 Å². The van der Waals surface area contributed by atoms with Crippen LogP contribution in [0.1, 0.15) is 25.3 Å². The zero-order chi connectivity index (χ0) is 18.2. The van der Waals surface area contributed by atoms with Crippen molar-refractivity contribution < 1.29 is 19.1 Å². The molecule has 0 aromatic heterocycles. The number of anilines is 1. The second-order valence-electron chi connectivity index (χ2n) is 6.17. The first kappa shape index (κ1) is 18.8. The molecule has 1 unspecified atom stereocenters. The maximum atomic E-state index is 12.2. The van der Waals surface area contributed by atoms with E-state index in [9.17, 15) is 14.4 Å². The minimum Gasteiger partial charge on any atom is -0.469 e.